The first-order valence-corrected chi connectivity index (χ1v) is 9.05. The van der Waals surface area contributed by atoms with Gasteiger partial charge in [0.15, 0.2) is 0 Å². The van der Waals surface area contributed by atoms with E-state index < -0.39 is 23.7 Å². The Morgan fingerprint density at radius 2 is 2.00 bits per heavy atom. The molecule has 1 saturated heterocycles. The average molecular weight is 384 g/mol. The number of carboxylic acids is 1. The first-order chi connectivity index (χ1) is 13.4. The summed E-state index contributed by atoms with van der Waals surface area (Å²) in [5.74, 6) is -2.60. The largest absolute Gasteiger partial charge is 0.481 e. The number of benzene rings is 2. The van der Waals surface area contributed by atoms with Crippen LogP contribution in [-0.2, 0) is 9.59 Å². The van der Waals surface area contributed by atoms with E-state index in [9.17, 15) is 23.9 Å². The van der Waals surface area contributed by atoms with E-state index in [1.807, 2.05) is 19.1 Å². The maximum Gasteiger partial charge on any atom is 0.305 e. The van der Waals surface area contributed by atoms with Crippen LogP contribution in [0.25, 0.3) is 0 Å². The lowest BCUT2D eigenvalue weighted by Gasteiger charge is -2.21. The van der Waals surface area contributed by atoms with Crippen molar-refractivity contribution in [3.63, 3.8) is 0 Å². The van der Waals surface area contributed by atoms with E-state index in [2.05, 4.69) is 5.32 Å². The van der Waals surface area contributed by atoms with Crippen molar-refractivity contribution in [3.8, 4) is 0 Å². The van der Waals surface area contributed by atoms with Gasteiger partial charge in [-0.3, -0.25) is 14.4 Å². The molecule has 2 N–H and O–H groups in total. The molecule has 1 aliphatic rings. The van der Waals surface area contributed by atoms with E-state index in [0.29, 0.717) is 30.6 Å². The molecule has 6 nitrogen and oxygen atoms in total. The zero-order valence-electron chi connectivity index (χ0n) is 15.4. The molecule has 0 saturated carbocycles. The summed E-state index contributed by atoms with van der Waals surface area (Å²) in [6.07, 6.45) is 0.807. The fourth-order valence-corrected chi connectivity index (χ4v) is 3.40. The van der Waals surface area contributed by atoms with Gasteiger partial charge < -0.3 is 15.3 Å². The zero-order chi connectivity index (χ0) is 20.3. The number of carbonyl (C=O) groups is 3. The molecular formula is C21H21FN2O4. The van der Waals surface area contributed by atoms with Gasteiger partial charge in [0.05, 0.1) is 18.0 Å². The summed E-state index contributed by atoms with van der Waals surface area (Å²) in [5.41, 5.74) is 1.72. The number of hydrogen-bond donors (Lipinski definition) is 2. The number of aliphatic carboxylic acids is 1. The number of aryl methyl sites for hydroxylation is 1. The Kier molecular flexibility index (Phi) is 5.73. The fraction of sp³-hybridized carbons (Fsp3) is 0.286. The predicted molar refractivity (Wildman–Crippen MR) is 102 cm³/mol. The van der Waals surface area contributed by atoms with Crippen LogP contribution < -0.4 is 10.2 Å². The molecular weight excluding hydrogens is 363 g/mol. The van der Waals surface area contributed by atoms with Crippen molar-refractivity contribution < 1.29 is 23.9 Å². The third kappa shape index (κ3) is 4.19. The minimum absolute atomic E-state index is 0.0679. The van der Waals surface area contributed by atoms with E-state index >= 15 is 0 Å². The highest BCUT2D eigenvalue weighted by Gasteiger charge is 2.25. The van der Waals surface area contributed by atoms with Crippen LogP contribution in [-0.4, -0.2) is 29.4 Å². The number of carboxylic acid groups (broad SMARTS) is 1. The van der Waals surface area contributed by atoms with Crippen molar-refractivity contribution in [1.82, 2.24) is 5.32 Å². The third-order valence-electron chi connectivity index (χ3n) is 4.83. The van der Waals surface area contributed by atoms with E-state index in [1.165, 1.54) is 17.0 Å². The molecule has 0 bridgehead atoms. The summed E-state index contributed by atoms with van der Waals surface area (Å²) in [4.78, 5) is 37.5. The molecule has 1 aliphatic heterocycles. The Labute approximate surface area is 162 Å². The fourth-order valence-electron chi connectivity index (χ4n) is 3.40. The van der Waals surface area contributed by atoms with Crippen LogP contribution in [0.3, 0.4) is 0 Å². The Bertz CT molecular complexity index is 928. The van der Waals surface area contributed by atoms with Crippen molar-refractivity contribution in [2.75, 3.05) is 11.4 Å². The van der Waals surface area contributed by atoms with E-state index in [1.54, 1.807) is 12.1 Å². The molecule has 0 unspecified atom stereocenters. The zero-order valence-corrected chi connectivity index (χ0v) is 15.4. The average Bonchev–Trinajstić information content (AvgIpc) is 3.07. The lowest BCUT2D eigenvalue weighted by atomic mass is 9.98. The minimum Gasteiger partial charge on any atom is -0.481 e. The molecule has 3 rings (SSSR count). The highest BCUT2D eigenvalue weighted by Crippen LogP contribution is 2.25. The second kappa shape index (κ2) is 8.21. The van der Waals surface area contributed by atoms with Gasteiger partial charge in [0.1, 0.15) is 5.82 Å². The number of amides is 2. The highest BCUT2D eigenvalue weighted by molar-refractivity contribution is 5.99. The first kappa shape index (κ1) is 19.5. The third-order valence-corrected chi connectivity index (χ3v) is 4.83. The summed E-state index contributed by atoms with van der Waals surface area (Å²) in [6, 6.07) is 10.3. The van der Waals surface area contributed by atoms with E-state index in [-0.39, 0.29) is 17.9 Å². The van der Waals surface area contributed by atoms with Gasteiger partial charge in [-0.15, -0.1) is 0 Å². The second-order valence-corrected chi connectivity index (χ2v) is 6.79. The van der Waals surface area contributed by atoms with Crippen molar-refractivity contribution in [1.29, 1.82) is 0 Å². The number of hydrogen-bond acceptors (Lipinski definition) is 3. The van der Waals surface area contributed by atoms with Crippen molar-refractivity contribution >= 4 is 23.5 Å². The standard InChI is InChI=1S/C21H21FN2O4/c1-13-5-2-3-6-15(13)18(12-20(26)27)23-21(28)16-11-14(8-9-17(16)22)24-10-4-7-19(24)25/h2-3,5-6,8-9,11,18H,4,7,10,12H2,1H3,(H,23,28)(H,26,27)/t18-/m1/s1. The molecule has 1 heterocycles. The Morgan fingerprint density at radius 3 is 2.64 bits per heavy atom. The SMILES string of the molecule is Cc1ccccc1[C@@H](CC(=O)O)NC(=O)c1cc(N2CCCC2=O)ccc1F. The summed E-state index contributed by atoms with van der Waals surface area (Å²) in [6.45, 7) is 2.34. The molecule has 0 aliphatic carbocycles. The summed E-state index contributed by atoms with van der Waals surface area (Å²) in [7, 11) is 0. The van der Waals surface area contributed by atoms with Crippen LogP contribution in [0, 0.1) is 12.7 Å². The number of anilines is 1. The van der Waals surface area contributed by atoms with E-state index in [0.717, 1.165) is 11.6 Å². The second-order valence-electron chi connectivity index (χ2n) is 6.79. The normalized spacial score (nSPS) is 14.8. The molecule has 2 amide bonds. The molecule has 7 heteroatoms. The van der Waals surface area contributed by atoms with E-state index in [4.69, 9.17) is 0 Å². The highest BCUT2D eigenvalue weighted by atomic mass is 19.1. The number of carbonyl (C=O) groups excluding carboxylic acids is 2. The van der Waals surface area contributed by atoms with Gasteiger partial charge in [0, 0.05) is 18.7 Å². The number of rotatable bonds is 6. The smallest absolute Gasteiger partial charge is 0.305 e. The number of nitrogens with one attached hydrogen (secondary N) is 1. The topological polar surface area (TPSA) is 86.7 Å². The lowest BCUT2D eigenvalue weighted by molar-refractivity contribution is -0.137. The van der Waals surface area contributed by atoms with Crippen molar-refractivity contribution in [2.45, 2.75) is 32.2 Å². The van der Waals surface area contributed by atoms with Gasteiger partial charge in [-0.1, -0.05) is 24.3 Å². The summed E-state index contributed by atoms with van der Waals surface area (Å²) < 4.78 is 14.3. The Balaban J connectivity index is 1.88. The molecule has 146 valence electrons. The summed E-state index contributed by atoms with van der Waals surface area (Å²) >= 11 is 0. The van der Waals surface area contributed by atoms with Crippen molar-refractivity contribution in [2.24, 2.45) is 0 Å². The van der Waals surface area contributed by atoms with Crippen LogP contribution >= 0.6 is 0 Å². The van der Waals surface area contributed by atoms with Crippen LogP contribution in [0.5, 0.6) is 0 Å². The molecule has 2 aromatic carbocycles. The Morgan fingerprint density at radius 1 is 1.25 bits per heavy atom. The van der Waals surface area contributed by atoms with Crippen LogP contribution in [0.1, 0.15) is 46.8 Å². The first-order valence-electron chi connectivity index (χ1n) is 9.05. The molecule has 0 radical (unpaired) electrons. The van der Waals surface area contributed by atoms with Gasteiger partial charge >= 0.3 is 5.97 Å². The summed E-state index contributed by atoms with van der Waals surface area (Å²) in [5, 5.41) is 11.8. The van der Waals surface area contributed by atoms with Gasteiger partial charge in [-0.25, -0.2) is 4.39 Å². The number of halogens is 1. The van der Waals surface area contributed by atoms with Crippen LogP contribution in [0.2, 0.25) is 0 Å². The maximum absolute atomic E-state index is 14.3. The van der Waals surface area contributed by atoms with Gasteiger partial charge in [0.25, 0.3) is 5.91 Å². The van der Waals surface area contributed by atoms with Crippen LogP contribution in [0.15, 0.2) is 42.5 Å². The molecule has 1 atom stereocenters. The molecule has 1 fully saturated rings. The number of nitrogens with zero attached hydrogens (tertiary/aromatic N) is 1. The lowest BCUT2D eigenvalue weighted by Crippen LogP contribution is -2.31. The molecule has 0 spiro atoms. The van der Waals surface area contributed by atoms with Gasteiger partial charge in [0.2, 0.25) is 5.91 Å². The minimum atomic E-state index is -1.08. The maximum atomic E-state index is 14.3. The quantitative estimate of drug-likeness (QED) is 0.801. The monoisotopic (exact) mass is 384 g/mol. The Hall–Kier alpha value is -3.22. The van der Waals surface area contributed by atoms with Crippen molar-refractivity contribution in [3.05, 3.63) is 65.0 Å². The van der Waals surface area contributed by atoms with Gasteiger partial charge in [-0.2, -0.15) is 0 Å². The molecule has 2 aromatic rings. The van der Waals surface area contributed by atoms with Gasteiger partial charge in [-0.05, 0) is 42.7 Å². The molecule has 28 heavy (non-hydrogen) atoms. The molecule has 0 aromatic heterocycles. The predicted octanol–water partition coefficient (Wildman–Crippen LogP) is 3.21. The van der Waals surface area contributed by atoms with Crippen LogP contribution in [0.4, 0.5) is 10.1 Å².